The summed E-state index contributed by atoms with van der Waals surface area (Å²) in [5.74, 6) is -2.23. The lowest BCUT2D eigenvalue weighted by atomic mass is 10.1. The minimum atomic E-state index is -4.88. The number of nitro benzene ring substituents is 1. The second-order valence-electron chi connectivity index (χ2n) is 3.32. The van der Waals surface area contributed by atoms with Crippen molar-refractivity contribution in [3.63, 3.8) is 0 Å². The van der Waals surface area contributed by atoms with Gasteiger partial charge in [-0.1, -0.05) is 0 Å². The van der Waals surface area contributed by atoms with Crippen LogP contribution in [0.25, 0.3) is 0 Å². The fourth-order valence-electron chi connectivity index (χ4n) is 1.16. The van der Waals surface area contributed by atoms with Gasteiger partial charge in [0, 0.05) is 6.07 Å². The van der Waals surface area contributed by atoms with Gasteiger partial charge in [-0.15, -0.1) is 11.6 Å². The van der Waals surface area contributed by atoms with Gasteiger partial charge in [0.2, 0.25) is 5.82 Å². The Bertz CT molecular complexity index is 545. The van der Waals surface area contributed by atoms with Crippen molar-refractivity contribution in [3.05, 3.63) is 33.6 Å². The highest BCUT2D eigenvalue weighted by atomic mass is 35.5. The van der Waals surface area contributed by atoms with Gasteiger partial charge in [0.1, 0.15) is 11.5 Å². The molecule has 0 radical (unpaired) electrons. The van der Waals surface area contributed by atoms with E-state index in [-0.39, 0.29) is 17.8 Å². The third-order valence-electron chi connectivity index (χ3n) is 1.96. The molecule has 0 aliphatic heterocycles. The Morgan fingerprint density at radius 1 is 1.47 bits per heavy atom. The molecule has 0 unspecified atom stereocenters. The number of alkyl halides is 4. The van der Waals surface area contributed by atoms with Crippen LogP contribution in [0.15, 0.2) is 17.1 Å². The highest BCUT2D eigenvalue weighted by Crippen LogP contribution is 2.37. The Hall–Kier alpha value is -1.90. The van der Waals surface area contributed by atoms with Crippen LogP contribution in [0.5, 0.6) is 0 Å². The average molecular weight is 300 g/mol. The molecule has 0 atom stereocenters. The topological polar surface area (TPSA) is 81.5 Å². The number of benzene rings is 1. The maximum Gasteiger partial charge on any atom is 0.416 e. The lowest BCUT2D eigenvalue weighted by Gasteiger charge is -2.08. The highest BCUT2D eigenvalue weighted by molar-refractivity contribution is 6.28. The van der Waals surface area contributed by atoms with E-state index in [4.69, 9.17) is 17.3 Å². The fraction of sp³-hybridized carbons (Fsp3) is 0.222. The number of nitrogens with two attached hydrogens (primary N) is 1. The number of nitro groups is 1. The quantitative estimate of drug-likeness (QED) is 0.233. The molecule has 0 spiro atoms. The van der Waals surface area contributed by atoms with Gasteiger partial charge in [0.05, 0.1) is 16.4 Å². The summed E-state index contributed by atoms with van der Waals surface area (Å²) in [5.41, 5.74) is 1.53. The van der Waals surface area contributed by atoms with E-state index in [1.54, 1.807) is 0 Å². The van der Waals surface area contributed by atoms with Crippen molar-refractivity contribution in [3.8, 4) is 0 Å². The first-order valence-electron chi connectivity index (χ1n) is 4.61. The standard InChI is InChI=1S/C9H6ClF4N3O2/c10-3-7(15)16-5-1-4(9(12,13)14)2-6(8(5)11)17(18)19/h1-2H,3H2,(H2,15,16). The lowest BCUT2D eigenvalue weighted by molar-refractivity contribution is -0.387. The van der Waals surface area contributed by atoms with E-state index in [0.717, 1.165) is 0 Å². The van der Waals surface area contributed by atoms with Crippen molar-refractivity contribution in [2.75, 3.05) is 5.88 Å². The van der Waals surface area contributed by atoms with Crippen molar-refractivity contribution in [2.24, 2.45) is 10.7 Å². The van der Waals surface area contributed by atoms with Crippen LogP contribution < -0.4 is 5.73 Å². The van der Waals surface area contributed by atoms with E-state index in [2.05, 4.69) is 4.99 Å². The van der Waals surface area contributed by atoms with Crippen LogP contribution in [0.1, 0.15) is 5.56 Å². The zero-order valence-electron chi connectivity index (χ0n) is 9.04. The minimum absolute atomic E-state index is 0.0885. The Labute approximate surface area is 108 Å². The Kier molecular flexibility index (Phi) is 4.30. The number of hydrogen-bond acceptors (Lipinski definition) is 3. The third kappa shape index (κ3) is 3.53. The highest BCUT2D eigenvalue weighted by Gasteiger charge is 2.35. The largest absolute Gasteiger partial charge is 0.416 e. The molecule has 10 heteroatoms. The van der Waals surface area contributed by atoms with E-state index in [1.807, 2.05) is 0 Å². The van der Waals surface area contributed by atoms with E-state index in [1.165, 1.54) is 0 Å². The predicted molar refractivity (Wildman–Crippen MR) is 60.1 cm³/mol. The molecule has 0 saturated heterocycles. The molecule has 5 nitrogen and oxygen atoms in total. The molecule has 0 aliphatic rings. The number of halogens is 5. The maximum atomic E-state index is 13.6. The van der Waals surface area contributed by atoms with Crippen molar-refractivity contribution in [2.45, 2.75) is 6.18 Å². The van der Waals surface area contributed by atoms with E-state index in [9.17, 15) is 27.7 Å². The molecule has 0 aromatic heterocycles. The molecule has 0 amide bonds. The number of rotatable bonds is 3. The smallest absolute Gasteiger partial charge is 0.386 e. The van der Waals surface area contributed by atoms with Crippen molar-refractivity contribution < 1.29 is 22.5 Å². The molecule has 0 heterocycles. The third-order valence-corrected chi connectivity index (χ3v) is 2.23. The molecule has 0 fully saturated rings. The van der Waals surface area contributed by atoms with E-state index >= 15 is 0 Å². The number of hydrogen-bond donors (Lipinski definition) is 1. The van der Waals surface area contributed by atoms with Crippen molar-refractivity contribution >= 4 is 28.8 Å². The van der Waals surface area contributed by atoms with Crippen LogP contribution in [-0.4, -0.2) is 16.6 Å². The Balaban J connectivity index is 3.54. The summed E-state index contributed by atoms with van der Waals surface area (Å²) in [5, 5.41) is 10.5. The SMILES string of the molecule is NC(CCl)=Nc1cc(C(F)(F)F)cc([N+](=O)[O-])c1F. The summed E-state index contributed by atoms with van der Waals surface area (Å²) in [7, 11) is 0. The van der Waals surface area contributed by atoms with E-state index < -0.39 is 33.9 Å². The maximum absolute atomic E-state index is 13.6. The van der Waals surface area contributed by atoms with Gasteiger partial charge in [0.25, 0.3) is 0 Å². The Morgan fingerprint density at radius 2 is 2.05 bits per heavy atom. The molecule has 2 N–H and O–H groups in total. The first-order valence-corrected chi connectivity index (χ1v) is 5.14. The summed E-state index contributed by atoms with van der Waals surface area (Å²) in [6, 6.07) is 0.410. The van der Waals surface area contributed by atoms with Gasteiger partial charge >= 0.3 is 11.9 Å². The predicted octanol–water partition coefficient (Wildman–Crippen LogP) is 2.98. The van der Waals surface area contributed by atoms with Gasteiger partial charge in [-0.2, -0.15) is 17.6 Å². The van der Waals surface area contributed by atoms with E-state index in [0.29, 0.717) is 6.07 Å². The molecule has 0 bridgehead atoms. The summed E-state index contributed by atoms with van der Waals surface area (Å²) in [4.78, 5) is 12.5. The average Bonchev–Trinajstić information content (AvgIpc) is 2.29. The van der Waals surface area contributed by atoms with Gasteiger partial charge < -0.3 is 5.73 Å². The molecular weight excluding hydrogens is 294 g/mol. The van der Waals surface area contributed by atoms with Gasteiger partial charge in [-0.05, 0) is 6.07 Å². The number of amidine groups is 1. The first kappa shape index (κ1) is 15.2. The monoisotopic (exact) mass is 299 g/mol. The zero-order chi connectivity index (χ0) is 14.8. The van der Waals surface area contributed by atoms with Crippen molar-refractivity contribution in [1.29, 1.82) is 0 Å². The molecule has 104 valence electrons. The molecule has 1 rings (SSSR count). The fourth-order valence-corrected chi connectivity index (χ4v) is 1.22. The van der Waals surface area contributed by atoms with Gasteiger partial charge in [-0.25, -0.2) is 4.99 Å². The molecule has 0 aliphatic carbocycles. The van der Waals surface area contributed by atoms with Crippen LogP contribution in [0.2, 0.25) is 0 Å². The summed E-state index contributed by atoms with van der Waals surface area (Å²) < 4.78 is 51.1. The van der Waals surface area contributed by atoms with Crippen LogP contribution >= 0.6 is 11.6 Å². The van der Waals surface area contributed by atoms with Gasteiger partial charge in [0.15, 0.2) is 0 Å². The van der Waals surface area contributed by atoms with Crippen LogP contribution in [0.4, 0.5) is 28.9 Å². The van der Waals surface area contributed by atoms with Crippen LogP contribution in [0.3, 0.4) is 0 Å². The van der Waals surface area contributed by atoms with Crippen LogP contribution in [-0.2, 0) is 6.18 Å². The number of nitrogens with zero attached hydrogens (tertiary/aromatic N) is 2. The molecule has 1 aromatic carbocycles. The summed E-state index contributed by atoms with van der Waals surface area (Å²) >= 11 is 5.25. The molecule has 0 saturated carbocycles. The second-order valence-corrected chi connectivity index (χ2v) is 3.59. The Morgan fingerprint density at radius 3 is 2.47 bits per heavy atom. The van der Waals surface area contributed by atoms with Crippen LogP contribution in [0, 0.1) is 15.9 Å². The number of aliphatic imine (C=N–C) groups is 1. The first-order chi connectivity index (χ1) is 8.66. The van der Waals surface area contributed by atoms with Gasteiger partial charge in [-0.3, -0.25) is 10.1 Å². The zero-order valence-corrected chi connectivity index (χ0v) is 9.80. The molecule has 19 heavy (non-hydrogen) atoms. The minimum Gasteiger partial charge on any atom is -0.386 e. The normalized spacial score (nSPS) is 12.6. The lowest BCUT2D eigenvalue weighted by Crippen LogP contribution is -2.13. The summed E-state index contributed by atoms with van der Waals surface area (Å²) in [6.07, 6.45) is -4.88. The molecular formula is C9H6ClF4N3O2. The summed E-state index contributed by atoms with van der Waals surface area (Å²) in [6.45, 7) is 0. The molecule has 1 aromatic rings. The van der Waals surface area contributed by atoms with Crippen molar-refractivity contribution in [1.82, 2.24) is 0 Å². The second kappa shape index (κ2) is 5.39.